The Morgan fingerprint density at radius 3 is 2.40 bits per heavy atom. The molecule has 0 amide bonds. The predicted octanol–water partition coefficient (Wildman–Crippen LogP) is 0.226. The zero-order chi connectivity index (χ0) is 11.2. The van der Waals surface area contributed by atoms with Gasteiger partial charge in [-0.2, -0.15) is 13.2 Å². The second-order valence-corrected chi connectivity index (χ2v) is 3.75. The molecule has 3 atom stereocenters. The molecule has 4 nitrogen and oxygen atoms in total. The number of fused-ring (bicyclic) bond motifs is 1. The summed E-state index contributed by atoms with van der Waals surface area (Å²) in [4.78, 5) is 21.5. The molecule has 0 bridgehead atoms. The molecule has 7 heteroatoms. The van der Waals surface area contributed by atoms with Crippen molar-refractivity contribution in [3.8, 4) is 0 Å². The molecule has 1 saturated heterocycles. The van der Waals surface area contributed by atoms with E-state index in [9.17, 15) is 22.8 Å². The van der Waals surface area contributed by atoms with Gasteiger partial charge in [0.05, 0.1) is 0 Å². The molecule has 2 rings (SSSR count). The summed E-state index contributed by atoms with van der Waals surface area (Å²) in [5, 5.41) is 2.72. The Kier molecular flexibility index (Phi) is 2.22. The lowest BCUT2D eigenvalue weighted by Gasteiger charge is -2.11. The fraction of sp³-hybridized carbons (Fsp3) is 0.750. The van der Waals surface area contributed by atoms with Gasteiger partial charge in [0, 0.05) is 0 Å². The van der Waals surface area contributed by atoms with Gasteiger partial charge in [0.1, 0.15) is 6.04 Å². The zero-order valence-corrected chi connectivity index (χ0v) is 7.50. The van der Waals surface area contributed by atoms with E-state index < -0.39 is 24.2 Å². The Bertz CT molecular complexity index is 315. The molecule has 1 heterocycles. The highest BCUT2D eigenvalue weighted by Gasteiger charge is 2.53. The maximum absolute atomic E-state index is 11.8. The van der Waals surface area contributed by atoms with E-state index >= 15 is 0 Å². The highest BCUT2D eigenvalue weighted by atomic mass is 19.4. The van der Waals surface area contributed by atoms with Gasteiger partial charge in [-0.3, -0.25) is 0 Å². The van der Waals surface area contributed by atoms with Crippen LogP contribution in [0, 0.1) is 11.8 Å². The van der Waals surface area contributed by atoms with E-state index in [0.717, 1.165) is 6.42 Å². The van der Waals surface area contributed by atoms with Gasteiger partial charge in [-0.25, -0.2) is 9.59 Å². The average molecular weight is 223 g/mol. The molecule has 2 fully saturated rings. The first-order valence-electron chi connectivity index (χ1n) is 4.46. The fourth-order valence-corrected chi connectivity index (χ4v) is 1.81. The van der Waals surface area contributed by atoms with Crippen molar-refractivity contribution in [3.05, 3.63) is 0 Å². The summed E-state index contributed by atoms with van der Waals surface area (Å²) in [5.74, 6) is -3.18. The maximum Gasteiger partial charge on any atom is 0.491 e. The third-order valence-corrected chi connectivity index (χ3v) is 2.68. The smallest absolute Gasteiger partial charge is 0.385 e. The molecule has 0 aromatic heterocycles. The number of piperidine rings is 1. The highest BCUT2D eigenvalue weighted by molar-refractivity contribution is 5.91. The quantitative estimate of drug-likeness (QED) is 0.510. The lowest BCUT2D eigenvalue weighted by Crippen LogP contribution is -2.39. The molecular formula is C8H8F3NO3. The van der Waals surface area contributed by atoms with Crippen molar-refractivity contribution in [2.45, 2.75) is 18.6 Å². The van der Waals surface area contributed by atoms with Crippen molar-refractivity contribution in [2.75, 3.05) is 6.54 Å². The normalized spacial score (nSPS) is 33.4. The number of esters is 2. The first-order chi connectivity index (χ1) is 6.89. The third kappa shape index (κ3) is 1.97. The number of nitrogens with one attached hydrogen (secondary N) is 1. The van der Waals surface area contributed by atoms with Crippen molar-refractivity contribution in [2.24, 2.45) is 11.8 Å². The minimum Gasteiger partial charge on any atom is -0.385 e. The van der Waals surface area contributed by atoms with E-state index in [2.05, 4.69) is 10.1 Å². The Labute approximate surface area is 82.8 Å². The van der Waals surface area contributed by atoms with Crippen LogP contribution in [0.15, 0.2) is 0 Å². The van der Waals surface area contributed by atoms with E-state index in [-0.39, 0.29) is 5.92 Å². The van der Waals surface area contributed by atoms with E-state index in [1.807, 2.05) is 0 Å². The number of ether oxygens (including phenoxy) is 1. The van der Waals surface area contributed by atoms with Crippen molar-refractivity contribution in [1.29, 1.82) is 0 Å². The second kappa shape index (κ2) is 3.19. The van der Waals surface area contributed by atoms with Gasteiger partial charge in [0.25, 0.3) is 0 Å². The zero-order valence-electron chi connectivity index (χ0n) is 7.50. The van der Waals surface area contributed by atoms with Crippen LogP contribution in [-0.4, -0.2) is 30.7 Å². The van der Waals surface area contributed by atoms with Crippen molar-refractivity contribution < 1.29 is 27.5 Å². The molecule has 0 aromatic rings. The summed E-state index contributed by atoms with van der Waals surface area (Å²) >= 11 is 0. The second-order valence-electron chi connectivity index (χ2n) is 3.75. The van der Waals surface area contributed by atoms with Crippen LogP contribution in [0.2, 0.25) is 0 Å². The van der Waals surface area contributed by atoms with Gasteiger partial charge >= 0.3 is 18.1 Å². The summed E-state index contributed by atoms with van der Waals surface area (Å²) in [6.07, 6.45) is -4.30. The van der Waals surface area contributed by atoms with E-state index in [4.69, 9.17) is 0 Å². The average Bonchev–Trinajstić information content (AvgIpc) is 2.75. The number of rotatable bonds is 1. The Morgan fingerprint density at radius 2 is 2.00 bits per heavy atom. The van der Waals surface area contributed by atoms with Gasteiger partial charge in [0.2, 0.25) is 0 Å². The molecule has 15 heavy (non-hydrogen) atoms. The van der Waals surface area contributed by atoms with Crippen LogP contribution in [0.3, 0.4) is 0 Å². The van der Waals surface area contributed by atoms with Crippen molar-refractivity contribution >= 4 is 11.9 Å². The Hall–Kier alpha value is -1.11. The summed E-state index contributed by atoms with van der Waals surface area (Å²) in [5.41, 5.74) is 0. The molecule has 1 N–H and O–H groups in total. The van der Waals surface area contributed by atoms with Gasteiger partial charge < -0.3 is 10.1 Å². The Balaban J connectivity index is 1.90. The standard InChI is InChI=1S/C8H8F3NO3/c9-8(10,11)7(14)15-6(13)5-4-1-3(4)2-12-5/h3-5,12H,1-2H2/t3-,4-,5-/m0/s1. The van der Waals surface area contributed by atoms with Crippen LogP contribution >= 0.6 is 0 Å². The lowest BCUT2D eigenvalue weighted by atomic mass is 10.2. The van der Waals surface area contributed by atoms with Gasteiger partial charge in [-0.05, 0) is 24.8 Å². The van der Waals surface area contributed by atoms with Crippen LogP contribution in [0.5, 0.6) is 0 Å². The molecular weight excluding hydrogens is 215 g/mol. The number of carbonyl (C=O) groups excluding carboxylic acids is 2. The van der Waals surface area contributed by atoms with Crippen LogP contribution in [0.4, 0.5) is 13.2 Å². The molecule has 0 unspecified atom stereocenters. The summed E-state index contributed by atoms with van der Waals surface area (Å²) in [7, 11) is 0. The highest BCUT2D eigenvalue weighted by Crippen LogP contribution is 2.45. The number of alkyl halides is 3. The summed E-state index contributed by atoms with van der Waals surface area (Å²) in [6.45, 7) is 0.602. The molecule has 1 saturated carbocycles. The number of hydrogen-bond donors (Lipinski definition) is 1. The maximum atomic E-state index is 11.8. The molecule has 1 aliphatic heterocycles. The summed E-state index contributed by atoms with van der Waals surface area (Å²) < 4.78 is 39.0. The molecule has 0 radical (unpaired) electrons. The van der Waals surface area contributed by atoms with Gasteiger partial charge in [-0.1, -0.05) is 0 Å². The van der Waals surface area contributed by atoms with E-state index in [0.29, 0.717) is 12.5 Å². The van der Waals surface area contributed by atoms with Crippen LogP contribution in [0.1, 0.15) is 6.42 Å². The topological polar surface area (TPSA) is 55.4 Å². The molecule has 0 aromatic carbocycles. The van der Waals surface area contributed by atoms with E-state index in [1.165, 1.54) is 0 Å². The lowest BCUT2D eigenvalue weighted by molar-refractivity contribution is -0.202. The van der Waals surface area contributed by atoms with Gasteiger partial charge in [-0.15, -0.1) is 0 Å². The molecule has 2 aliphatic rings. The minimum absolute atomic E-state index is 0.0403. The Morgan fingerprint density at radius 1 is 1.33 bits per heavy atom. The monoisotopic (exact) mass is 223 g/mol. The number of halogens is 3. The summed E-state index contributed by atoms with van der Waals surface area (Å²) in [6, 6.07) is -0.749. The first-order valence-corrected chi connectivity index (χ1v) is 4.46. The predicted molar refractivity (Wildman–Crippen MR) is 40.5 cm³/mol. The molecule has 1 aliphatic carbocycles. The van der Waals surface area contributed by atoms with Crippen LogP contribution in [-0.2, 0) is 14.3 Å². The third-order valence-electron chi connectivity index (χ3n) is 2.68. The minimum atomic E-state index is -5.11. The van der Waals surface area contributed by atoms with Gasteiger partial charge in [0.15, 0.2) is 0 Å². The SMILES string of the molecule is O=C(OC(=O)C(F)(F)F)[C@H]1NC[C@@H]2C[C@@H]21. The number of carbonyl (C=O) groups is 2. The molecule has 0 spiro atoms. The fourth-order valence-electron chi connectivity index (χ4n) is 1.81. The first kappa shape index (κ1) is 10.4. The molecule has 84 valence electrons. The van der Waals surface area contributed by atoms with E-state index in [1.54, 1.807) is 0 Å². The van der Waals surface area contributed by atoms with Crippen molar-refractivity contribution in [3.63, 3.8) is 0 Å². The van der Waals surface area contributed by atoms with Crippen molar-refractivity contribution in [1.82, 2.24) is 5.32 Å². The number of hydrogen-bond acceptors (Lipinski definition) is 4. The van der Waals surface area contributed by atoms with Crippen LogP contribution in [0.25, 0.3) is 0 Å². The van der Waals surface area contributed by atoms with Crippen LogP contribution < -0.4 is 5.32 Å². The largest absolute Gasteiger partial charge is 0.491 e.